The van der Waals surface area contributed by atoms with Crippen LogP contribution in [0.3, 0.4) is 0 Å². The normalized spacial score (nSPS) is 16.7. The fraction of sp³-hybridized carbons (Fsp3) is 0.308. The molecule has 226 valence electrons. The van der Waals surface area contributed by atoms with Crippen molar-refractivity contribution in [1.29, 1.82) is 0 Å². The lowest BCUT2D eigenvalue weighted by molar-refractivity contribution is -0.140. The number of nitrogens with one attached hydrogen (secondary N) is 5. The number of hydrogen-bond acceptors (Lipinski definition) is 9. The Morgan fingerprint density at radius 2 is 2.02 bits per heavy atom. The molecule has 0 aliphatic carbocycles. The minimum absolute atomic E-state index is 0.152. The average molecular weight is 620 g/mol. The van der Waals surface area contributed by atoms with E-state index < -0.39 is 23.8 Å². The smallest absolute Gasteiger partial charge is 0.435 e. The number of aromatic nitrogens is 5. The van der Waals surface area contributed by atoms with Gasteiger partial charge in [-0.05, 0) is 24.6 Å². The molecular formula is C26H25ClF3N9O4. The minimum atomic E-state index is -4.65. The second kappa shape index (κ2) is 12.7. The summed E-state index contributed by atoms with van der Waals surface area (Å²) < 4.78 is 46.4. The standard InChI is InChI=1S/C26H25ClF3N9O4/c27-18-8-14(2-3-16(18)24(41)32-4-1-5-33-25(42)19-9-15(10-34-19)43-13-40)37-22-23-35-12-20(39(23)7-6-31-22)17-11-36-38-21(17)26(28,29)30/h2-3,6-8,11-13,15,19,34H,1,4-5,9-10H2,(H,31,37)(H,32,41)(H,33,42)(H,36,38)/t15-,19+/m1/s1. The Morgan fingerprint density at radius 1 is 1.21 bits per heavy atom. The SMILES string of the molecule is O=CO[C@H]1CN[C@H](C(=O)NCCCNC(=O)c2ccc(Nc3nccn4c(-c5c[nH]nc5C(F)(F)F)cnc34)cc2Cl)C1. The van der Waals surface area contributed by atoms with Crippen LogP contribution in [0.4, 0.5) is 24.7 Å². The van der Waals surface area contributed by atoms with Crippen molar-refractivity contribution in [2.45, 2.75) is 31.2 Å². The van der Waals surface area contributed by atoms with Crippen molar-refractivity contribution < 1.29 is 32.3 Å². The number of hydrogen-bond donors (Lipinski definition) is 5. The molecule has 1 saturated heterocycles. The molecule has 4 heterocycles. The van der Waals surface area contributed by atoms with Gasteiger partial charge in [0.15, 0.2) is 17.2 Å². The average Bonchev–Trinajstić information content (AvgIpc) is 3.72. The van der Waals surface area contributed by atoms with Crippen LogP contribution in [0.5, 0.6) is 0 Å². The van der Waals surface area contributed by atoms with Gasteiger partial charge in [-0.3, -0.25) is 23.9 Å². The van der Waals surface area contributed by atoms with Gasteiger partial charge >= 0.3 is 6.18 Å². The highest BCUT2D eigenvalue weighted by Crippen LogP contribution is 2.36. The Bertz CT molecular complexity index is 1640. The zero-order chi connectivity index (χ0) is 30.6. The Kier molecular flexibility index (Phi) is 8.77. The molecule has 0 radical (unpaired) electrons. The van der Waals surface area contributed by atoms with Gasteiger partial charge in [-0.25, -0.2) is 9.97 Å². The summed E-state index contributed by atoms with van der Waals surface area (Å²) in [5.74, 6) is -0.368. The topological polar surface area (TPSA) is 167 Å². The van der Waals surface area contributed by atoms with Crippen LogP contribution in [0.1, 0.15) is 28.9 Å². The molecule has 1 aromatic carbocycles. The van der Waals surface area contributed by atoms with E-state index in [1.807, 2.05) is 0 Å². The number of rotatable bonds is 11. The first-order valence-electron chi connectivity index (χ1n) is 13.0. The van der Waals surface area contributed by atoms with Crippen molar-refractivity contribution in [3.05, 3.63) is 59.3 Å². The Balaban J connectivity index is 1.16. The fourth-order valence-electron chi connectivity index (χ4n) is 4.63. The largest absolute Gasteiger partial charge is 0.463 e. The van der Waals surface area contributed by atoms with Gasteiger partial charge in [0.2, 0.25) is 5.91 Å². The molecule has 2 atom stereocenters. The van der Waals surface area contributed by atoms with Crippen molar-refractivity contribution in [3.63, 3.8) is 0 Å². The molecule has 4 aromatic rings. The summed E-state index contributed by atoms with van der Waals surface area (Å²) in [6.07, 6.45) is 1.21. The molecule has 5 rings (SSSR count). The molecular weight excluding hydrogens is 595 g/mol. The first-order valence-corrected chi connectivity index (χ1v) is 13.4. The molecule has 0 spiro atoms. The summed E-state index contributed by atoms with van der Waals surface area (Å²) in [6, 6.07) is 4.19. The van der Waals surface area contributed by atoms with Crippen LogP contribution < -0.4 is 21.3 Å². The first-order chi connectivity index (χ1) is 20.7. The number of amides is 2. The maximum absolute atomic E-state index is 13.4. The zero-order valence-electron chi connectivity index (χ0n) is 22.2. The molecule has 0 saturated carbocycles. The summed E-state index contributed by atoms with van der Waals surface area (Å²) in [5, 5.41) is 17.3. The summed E-state index contributed by atoms with van der Waals surface area (Å²) in [6.45, 7) is 1.39. The molecule has 17 heteroatoms. The van der Waals surface area contributed by atoms with Crippen LogP contribution in [-0.4, -0.2) is 74.6 Å². The quantitative estimate of drug-likeness (QED) is 0.125. The number of halogens is 4. The van der Waals surface area contributed by atoms with E-state index in [1.165, 1.54) is 35.1 Å². The van der Waals surface area contributed by atoms with Crippen molar-refractivity contribution in [1.82, 2.24) is 40.5 Å². The number of nitrogens with zero attached hydrogens (tertiary/aromatic N) is 4. The first kappa shape index (κ1) is 29.8. The number of aromatic amines is 1. The molecule has 43 heavy (non-hydrogen) atoms. The predicted molar refractivity (Wildman–Crippen MR) is 148 cm³/mol. The molecule has 5 N–H and O–H groups in total. The lowest BCUT2D eigenvalue weighted by Gasteiger charge is -2.12. The number of alkyl halides is 3. The van der Waals surface area contributed by atoms with E-state index in [9.17, 15) is 27.6 Å². The zero-order valence-corrected chi connectivity index (χ0v) is 23.0. The second-order valence-corrected chi connectivity index (χ2v) is 9.94. The van der Waals surface area contributed by atoms with E-state index in [-0.39, 0.29) is 51.9 Å². The highest BCUT2D eigenvalue weighted by Gasteiger charge is 2.37. The van der Waals surface area contributed by atoms with Crippen molar-refractivity contribution in [3.8, 4) is 11.3 Å². The fourth-order valence-corrected chi connectivity index (χ4v) is 4.89. The third-order valence-electron chi connectivity index (χ3n) is 6.68. The van der Waals surface area contributed by atoms with E-state index in [0.29, 0.717) is 38.1 Å². The van der Waals surface area contributed by atoms with Crippen LogP contribution >= 0.6 is 11.6 Å². The van der Waals surface area contributed by atoms with Crippen LogP contribution in [0.25, 0.3) is 16.9 Å². The minimum Gasteiger partial charge on any atom is -0.463 e. The van der Waals surface area contributed by atoms with Crippen LogP contribution in [0, 0.1) is 0 Å². The van der Waals surface area contributed by atoms with Gasteiger partial charge in [0.05, 0.1) is 34.1 Å². The van der Waals surface area contributed by atoms with Gasteiger partial charge in [-0.2, -0.15) is 18.3 Å². The number of H-pyrrole nitrogens is 1. The van der Waals surface area contributed by atoms with Crippen LogP contribution in [0.2, 0.25) is 5.02 Å². The number of fused-ring (bicyclic) bond motifs is 1. The maximum Gasteiger partial charge on any atom is 0.435 e. The molecule has 2 amide bonds. The highest BCUT2D eigenvalue weighted by atomic mass is 35.5. The third-order valence-corrected chi connectivity index (χ3v) is 7.00. The highest BCUT2D eigenvalue weighted by molar-refractivity contribution is 6.34. The van der Waals surface area contributed by atoms with E-state index >= 15 is 0 Å². The van der Waals surface area contributed by atoms with Gasteiger partial charge in [0, 0.05) is 50.3 Å². The number of carbonyl (C=O) groups excluding carboxylic acids is 3. The summed E-state index contributed by atoms with van der Waals surface area (Å²) >= 11 is 6.37. The van der Waals surface area contributed by atoms with Crippen molar-refractivity contribution in [2.24, 2.45) is 0 Å². The Labute approximate surface area is 246 Å². The number of anilines is 2. The van der Waals surface area contributed by atoms with E-state index in [1.54, 1.807) is 6.07 Å². The number of ether oxygens (including phenoxy) is 1. The second-order valence-electron chi connectivity index (χ2n) is 9.53. The molecule has 0 unspecified atom stereocenters. The lowest BCUT2D eigenvalue weighted by Crippen LogP contribution is -2.41. The monoisotopic (exact) mass is 619 g/mol. The van der Waals surface area contributed by atoms with E-state index in [0.717, 1.165) is 6.20 Å². The van der Waals surface area contributed by atoms with Gasteiger partial charge in [-0.15, -0.1) is 0 Å². The summed E-state index contributed by atoms with van der Waals surface area (Å²) in [4.78, 5) is 43.8. The lowest BCUT2D eigenvalue weighted by atomic mass is 10.2. The molecule has 0 bridgehead atoms. The molecule has 1 fully saturated rings. The van der Waals surface area contributed by atoms with Crippen LogP contribution in [0.15, 0.2) is 43.0 Å². The van der Waals surface area contributed by atoms with E-state index in [4.69, 9.17) is 16.3 Å². The third kappa shape index (κ3) is 6.70. The van der Waals surface area contributed by atoms with Gasteiger partial charge in [-0.1, -0.05) is 11.6 Å². The molecule has 13 nitrogen and oxygen atoms in total. The van der Waals surface area contributed by atoms with Crippen molar-refractivity contribution >= 4 is 47.0 Å². The maximum atomic E-state index is 13.4. The molecule has 1 aliphatic rings. The number of benzene rings is 1. The summed E-state index contributed by atoms with van der Waals surface area (Å²) in [5.41, 5.74) is -0.110. The Morgan fingerprint density at radius 3 is 2.79 bits per heavy atom. The number of imidazole rings is 1. The van der Waals surface area contributed by atoms with Gasteiger partial charge in [0.25, 0.3) is 12.4 Å². The van der Waals surface area contributed by atoms with Crippen molar-refractivity contribution in [2.75, 3.05) is 25.0 Å². The summed E-state index contributed by atoms with van der Waals surface area (Å²) in [7, 11) is 0. The predicted octanol–water partition coefficient (Wildman–Crippen LogP) is 2.67. The number of carbonyl (C=O) groups is 3. The van der Waals surface area contributed by atoms with E-state index in [2.05, 4.69) is 41.4 Å². The Hall–Kier alpha value is -4.70. The van der Waals surface area contributed by atoms with Crippen LogP contribution in [-0.2, 0) is 20.5 Å². The van der Waals surface area contributed by atoms with Gasteiger partial charge < -0.3 is 26.0 Å². The van der Waals surface area contributed by atoms with Gasteiger partial charge in [0.1, 0.15) is 6.10 Å². The molecule has 1 aliphatic heterocycles. The molecule has 3 aromatic heterocycles.